The van der Waals surface area contributed by atoms with Crippen molar-refractivity contribution in [2.75, 3.05) is 46.4 Å². The Bertz CT molecular complexity index is 235. The zero-order valence-electron chi connectivity index (χ0n) is 10.8. The van der Waals surface area contributed by atoms with E-state index in [0.717, 1.165) is 39.3 Å². The van der Waals surface area contributed by atoms with E-state index in [0.29, 0.717) is 12.0 Å². The van der Waals surface area contributed by atoms with Gasteiger partial charge in [-0.1, -0.05) is 19.8 Å². The molecule has 1 rings (SSSR count). The molecule has 1 atom stereocenters. The summed E-state index contributed by atoms with van der Waals surface area (Å²) in [6.45, 7) is 10.1. The van der Waals surface area contributed by atoms with Crippen LogP contribution >= 0.6 is 0 Å². The third-order valence-electron chi connectivity index (χ3n) is 2.73. The smallest absolute Gasteiger partial charge is 0.0829 e. The van der Waals surface area contributed by atoms with Crippen LogP contribution in [-0.2, 0) is 4.74 Å². The molecule has 92 valence electrons. The molecule has 0 aromatic carbocycles. The molecule has 0 saturated carbocycles. The molecule has 1 aliphatic rings. The van der Waals surface area contributed by atoms with Crippen LogP contribution in [-0.4, -0.2) is 62.3 Å². The summed E-state index contributed by atoms with van der Waals surface area (Å²) in [7, 11) is 2.16. The fourth-order valence-electron chi connectivity index (χ4n) is 2.21. The number of nitrogens with zero attached hydrogens (tertiary/aromatic N) is 2. The summed E-state index contributed by atoms with van der Waals surface area (Å²) in [6.07, 6.45) is 5.64. The Morgan fingerprint density at radius 1 is 1.56 bits per heavy atom. The summed E-state index contributed by atoms with van der Waals surface area (Å²) in [5.74, 6) is 3.40. The first-order valence-electron chi connectivity index (χ1n) is 6.07. The van der Waals surface area contributed by atoms with Gasteiger partial charge in [-0.05, 0) is 13.0 Å². The van der Waals surface area contributed by atoms with Crippen molar-refractivity contribution in [3.8, 4) is 12.3 Å². The molecule has 3 nitrogen and oxygen atoms in total. The fraction of sp³-hybridized carbons (Fsp3) is 0.846. The van der Waals surface area contributed by atoms with Gasteiger partial charge in [0.15, 0.2) is 0 Å². The van der Waals surface area contributed by atoms with Crippen molar-refractivity contribution in [3.63, 3.8) is 0 Å². The predicted molar refractivity (Wildman–Crippen MR) is 67.3 cm³/mol. The van der Waals surface area contributed by atoms with Crippen LogP contribution in [0, 0.1) is 18.3 Å². The molecular formula is C13H24N2O. The topological polar surface area (TPSA) is 15.7 Å². The second-order valence-electron chi connectivity index (χ2n) is 5.05. The third kappa shape index (κ3) is 4.98. The quantitative estimate of drug-likeness (QED) is 0.646. The number of morpholine rings is 1. The van der Waals surface area contributed by atoms with E-state index in [1.807, 2.05) is 0 Å². The molecule has 16 heavy (non-hydrogen) atoms. The highest BCUT2D eigenvalue weighted by molar-refractivity contribution is 4.90. The maximum absolute atomic E-state index is 5.75. The van der Waals surface area contributed by atoms with Crippen LogP contribution in [0.2, 0.25) is 0 Å². The van der Waals surface area contributed by atoms with Gasteiger partial charge in [0.1, 0.15) is 0 Å². The van der Waals surface area contributed by atoms with E-state index in [-0.39, 0.29) is 0 Å². The van der Waals surface area contributed by atoms with Gasteiger partial charge in [-0.15, -0.1) is 6.42 Å². The Hall–Kier alpha value is -0.560. The van der Waals surface area contributed by atoms with Crippen molar-refractivity contribution < 1.29 is 4.74 Å². The first-order valence-corrected chi connectivity index (χ1v) is 6.07. The first-order chi connectivity index (χ1) is 7.61. The minimum atomic E-state index is 0.311. The Labute approximate surface area is 99.7 Å². The monoisotopic (exact) mass is 224 g/mol. The summed E-state index contributed by atoms with van der Waals surface area (Å²) >= 11 is 0. The average molecular weight is 224 g/mol. The van der Waals surface area contributed by atoms with Gasteiger partial charge >= 0.3 is 0 Å². The number of rotatable bonds is 5. The second kappa shape index (κ2) is 6.90. The molecule has 0 radical (unpaired) electrons. The van der Waals surface area contributed by atoms with Gasteiger partial charge in [-0.25, -0.2) is 0 Å². The molecule has 0 aromatic rings. The van der Waals surface area contributed by atoms with E-state index in [1.54, 1.807) is 0 Å². The fourth-order valence-corrected chi connectivity index (χ4v) is 2.21. The van der Waals surface area contributed by atoms with E-state index < -0.39 is 0 Å². The largest absolute Gasteiger partial charge is 0.374 e. The maximum atomic E-state index is 5.75. The van der Waals surface area contributed by atoms with Gasteiger partial charge in [-0.3, -0.25) is 4.90 Å². The summed E-state index contributed by atoms with van der Waals surface area (Å²) in [5.41, 5.74) is 0. The van der Waals surface area contributed by atoms with Gasteiger partial charge in [0, 0.05) is 26.2 Å². The molecule has 0 amide bonds. The summed E-state index contributed by atoms with van der Waals surface area (Å²) < 4.78 is 5.75. The zero-order chi connectivity index (χ0) is 12.0. The molecule has 1 fully saturated rings. The molecule has 1 saturated heterocycles. The Morgan fingerprint density at radius 3 is 2.94 bits per heavy atom. The highest BCUT2D eigenvalue weighted by Crippen LogP contribution is 2.07. The van der Waals surface area contributed by atoms with Crippen LogP contribution in [0.4, 0.5) is 0 Å². The van der Waals surface area contributed by atoms with Crippen molar-refractivity contribution in [2.45, 2.75) is 20.0 Å². The second-order valence-corrected chi connectivity index (χ2v) is 5.05. The first kappa shape index (κ1) is 13.5. The lowest BCUT2D eigenvalue weighted by Gasteiger charge is -2.34. The molecule has 1 aliphatic heterocycles. The molecule has 3 heteroatoms. The normalized spacial score (nSPS) is 22.6. The molecule has 0 bridgehead atoms. The van der Waals surface area contributed by atoms with Crippen molar-refractivity contribution >= 4 is 0 Å². The number of ether oxygens (including phenoxy) is 1. The van der Waals surface area contributed by atoms with Gasteiger partial charge in [0.05, 0.1) is 19.3 Å². The molecule has 1 heterocycles. The minimum absolute atomic E-state index is 0.311. The number of hydrogen-bond donors (Lipinski definition) is 0. The van der Waals surface area contributed by atoms with Crippen LogP contribution < -0.4 is 0 Å². The van der Waals surface area contributed by atoms with Crippen LogP contribution in [0.3, 0.4) is 0 Å². The lowest BCUT2D eigenvalue weighted by atomic mass is 10.2. The van der Waals surface area contributed by atoms with Crippen LogP contribution in [0.25, 0.3) is 0 Å². The molecule has 0 aliphatic carbocycles. The van der Waals surface area contributed by atoms with Gasteiger partial charge in [0.2, 0.25) is 0 Å². The average Bonchev–Trinajstić information content (AvgIpc) is 2.17. The highest BCUT2D eigenvalue weighted by atomic mass is 16.5. The Balaban J connectivity index is 2.28. The van der Waals surface area contributed by atoms with Crippen LogP contribution in [0.15, 0.2) is 0 Å². The molecule has 0 aromatic heterocycles. The predicted octanol–water partition coefficient (Wildman–Crippen LogP) is 0.908. The van der Waals surface area contributed by atoms with E-state index >= 15 is 0 Å². The maximum Gasteiger partial charge on any atom is 0.0829 e. The highest BCUT2D eigenvalue weighted by Gasteiger charge is 2.21. The van der Waals surface area contributed by atoms with Gasteiger partial charge in [0.25, 0.3) is 0 Å². The molecule has 0 N–H and O–H groups in total. The van der Waals surface area contributed by atoms with Crippen molar-refractivity contribution in [3.05, 3.63) is 0 Å². The van der Waals surface area contributed by atoms with Crippen molar-refractivity contribution in [1.29, 1.82) is 0 Å². The Kier molecular flexibility index (Phi) is 5.83. The van der Waals surface area contributed by atoms with E-state index in [2.05, 4.69) is 36.6 Å². The van der Waals surface area contributed by atoms with Gasteiger partial charge in [-0.2, -0.15) is 0 Å². The summed E-state index contributed by atoms with van der Waals surface area (Å²) in [6, 6.07) is 0. The van der Waals surface area contributed by atoms with Crippen LogP contribution in [0.5, 0.6) is 0 Å². The number of terminal acetylenes is 1. The van der Waals surface area contributed by atoms with Crippen molar-refractivity contribution in [1.82, 2.24) is 9.80 Å². The third-order valence-corrected chi connectivity index (χ3v) is 2.73. The molecular weight excluding hydrogens is 200 g/mol. The van der Waals surface area contributed by atoms with E-state index in [1.165, 1.54) is 0 Å². The van der Waals surface area contributed by atoms with Crippen LogP contribution in [0.1, 0.15) is 13.8 Å². The SMILES string of the molecule is C#CCN1CCO[C@@H](CN(C)CC(C)C)C1. The summed E-state index contributed by atoms with van der Waals surface area (Å²) in [4.78, 5) is 4.63. The van der Waals surface area contributed by atoms with E-state index in [9.17, 15) is 0 Å². The van der Waals surface area contributed by atoms with Gasteiger partial charge < -0.3 is 9.64 Å². The lowest BCUT2D eigenvalue weighted by Crippen LogP contribution is -2.47. The lowest BCUT2D eigenvalue weighted by molar-refractivity contribution is -0.0373. The molecule has 0 unspecified atom stereocenters. The zero-order valence-corrected chi connectivity index (χ0v) is 10.8. The van der Waals surface area contributed by atoms with Crippen molar-refractivity contribution in [2.24, 2.45) is 5.92 Å². The number of hydrogen-bond acceptors (Lipinski definition) is 3. The molecule has 0 spiro atoms. The Morgan fingerprint density at radius 2 is 2.31 bits per heavy atom. The minimum Gasteiger partial charge on any atom is -0.374 e. The van der Waals surface area contributed by atoms with E-state index in [4.69, 9.17) is 11.2 Å². The standard InChI is InChI=1S/C13H24N2O/c1-5-6-15-7-8-16-13(11-15)10-14(4)9-12(2)3/h1,12-13H,6-11H2,2-4H3/t13-/m0/s1. The summed E-state index contributed by atoms with van der Waals surface area (Å²) in [5, 5.41) is 0. The number of likely N-dealkylation sites (N-methyl/N-ethyl adjacent to an activating group) is 1.